The topological polar surface area (TPSA) is 111 Å². The van der Waals surface area contributed by atoms with Crippen LogP contribution >= 0.6 is 15.9 Å². The van der Waals surface area contributed by atoms with Gasteiger partial charge in [0.2, 0.25) is 0 Å². The van der Waals surface area contributed by atoms with Crippen molar-refractivity contribution in [2.24, 2.45) is 5.10 Å². The molecule has 0 bridgehead atoms. The molecule has 0 heterocycles. The standard InChI is InChI=1S/C21H16BrN3O4/c22-18-4-2-1-3-17(18)21(29)24-15-8-5-13(6-9-15)20(28)25-23-12-14-7-10-16(26)11-19(14)27/h1-12,26-27H,(H,24,29)(H,25,28)/b23-12-. The summed E-state index contributed by atoms with van der Waals surface area (Å²) in [6.07, 6.45) is 1.26. The smallest absolute Gasteiger partial charge is 0.271 e. The fourth-order valence-electron chi connectivity index (χ4n) is 2.41. The van der Waals surface area contributed by atoms with E-state index in [-0.39, 0.29) is 17.4 Å². The number of hydrogen-bond donors (Lipinski definition) is 4. The van der Waals surface area contributed by atoms with E-state index in [0.29, 0.717) is 26.9 Å². The van der Waals surface area contributed by atoms with Crippen LogP contribution in [0.5, 0.6) is 11.5 Å². The first-order chi connectivity index (χ1) is 13.9. The second-order valence-corrected chi connectivity index (χ2v) is 6.81. The molecular formula is C21H16BrN3O4. The number of carbonyl (C=O) groups is 2. The van der Waals surface area contributed by atoms with Crippen molar-refractivity contribution >= 4 is 39.6 Å². The Bertz CT molecular complexity index is 1080. The van der Waals surface area contributed by atoms with Crippen LogP contribution in [0.25, 0.3) is 0 Å². The van der Waals surface area contributed by atoms with Gasteiger partial charge in [-0.2, -0.15) is 5.10 Å². The lowest BCUT2D eigenvalue weighted by Gasteiger charge is -2.07. The number of phenolic OH excluding ortho intramolecular Hbond substituents is 2. The Labute approximate surface area is 174 Å². The van der Waals surface area contributed by atoms with Crippen LogP contribution in [0, 0.1) is 0 Å². The summed E-state index contributed by atoms with van der Waals surface area (Å²) in [6, 6.07) is 17.4. The zero-order valence-corrected chi connectivity index (χ0v) is 16.6. The van der Waals surface area contributed by atoms with Gasteiger partial charge in [-0.15, -0.1) is 0 Å². The number of rotatable bonds is 5. The number of nitrogens with one attached hydrogen (secondary N) is 2. The van der Waals surface area contributed by atoms with Crippen molar-refractivity contribution in [1.29, 1.82) is 0 Å². The van der Waals surface area contributed by atoms with Crippen molar-refractivity contribution in [2.45, 2.75) is 0 Å². The van der Waals surface area contributed by atoms with Crippen molar-refractivity contribution in [3.05, 3.63) is 87.9 Å². The maximum absolute atomic E-state index is 12.3. The van der Waals surface area contributed by atoms with E-state index in [0.717, 1.165) is 0 Å². The van der Waals surface area contributed by atoms with Gasteiger partial charge in [0.25, 0.3) is 11.8 Å². The number of aromatic hydroxyl groups is 2. The molecule has 146 valence electrons. The van der Waals surface area contributed by atoms with Gasteiger partial charge in [-0.25, -0.2) is 5.43 Å². The summed E-state index contributed by atoms with van der Waals surface area (Å²) in [6.45, 7) is 0. The predicted octanol–water partition coefficient (Wildman–Crippen LogP) is 3.88. The highest BCUT2D eigenvalue weighted by molar-refractivity contribution is 9.10. The van der Waals surface area contributed by atoms with E-state index >= 15 is 0 Å². The Hall–Kier alpha value is -3.65. The van der Waals surface area contributed by atoms with Gasteiger partial charge >= 0.3 is 0 Å². The molecule has 0 atom stereocenters. The van der Waals surface area contributed by atoms with Gasteiger partial charge in [0.05, 0.1) is 11.8 Å². The van der Waals surface area contributed by atoms with E-state index in [1.54, 1.807) is 42.5 Å². The summed E-state index contributed by atoms with van der Waals surface area (Å²) in [5, 5.41) is 25.5. The molecule has 0 saturated heterocycles. The molecule has 3 rings (SSSR count). The summed E-state index contributed by atoms with van der Waals surface area (Å²) < 4.78 is 0.686. The normalized spacial score (nSPS) is 10.7. The number of amides is 2. The fraction of sp³-hybridized carbons (Fsp3) is 0. The Kier molecular flexibility index (Phi) is 6.25. The largest absolute Gasteiger partial charge is 0.508 e. The maximum atomic E-state index is 12.3. The van der Waals surface area contributed by atoms with E-state index in [4.69, 9.17) is 0 Å². The van der Waals surface area contributed by atoms with E-state index in [2.05, 4.69) is 31.8 Å². The van der Waals surface area contributed by atoms with E-state index < -0.39 is 5.91 Å². The SMILES string of the molecule is O=C(N/N=C\c1ccc(O)cc1O)c1ccc(NC(=O)c2ccccc2Br)cc1. The number of phenols is 2. The molecule has 3 aromatic rings. The summed E-state index contributed by atoms with van der Waals surface area (Å²) in [4.78, 5) is 24.5. The molecule has 0 spiro atoms. The molecule has 0 aliphatic carbocycles. The minimum atomic E-state index is -0.455. The van der Waals surface area contributed by atoms with Gasteiger partial charge in [0.15, 0.2) is 0 Å². The molecule has 0 fully saturated rings. The zero-order valence-electron chi connectivity index (χ0n) is 15.0. The molecule has 7 nitrogen and oxygen atoms in total. The minimum absolute atomic E-state index is 0.0736. The molecule has 0 aliphatic heterocycles. The number of hydrazone groups is 1. The first-order valence-electron chi connectivity index (χ1n) is 8.45. The lowest BCUT2D eigenvalue weighted by Crippen LogP contribution is -2.18. The zero-order chi connectivity index (χ0) is 20.8. The Balaban J connectivity index is 1.60. The van der Waals surface area contributed by atoms with Crippen LogP contribution in [0.15, 0.2) is 76.3 Å². The average Bonchev–Trinajstić information content (AvgIpc) is 2.70. The van der Waals surface area contributed by atoms with Crippen molar-refractivity contribution in [1.82, 2.24) is 5.43 Å². The molecule has 0 radical (unpaired) electrons. The Morgan fingerprint density at radius 3 is 2.34 bits per heavy atom. The van der Waals surface area contributed by atoms with Crippen LogP contribution in [-0.4, -0.2) is 28.2 Å². The maximum Gasteiger partial charge on any atom is 0.271 e. The monoisotopic (exact) mass is 453 g/mol. The Morgan fingerprint density at radius 1 is 0.931 bits per heavy atom. The van der Waals surface area contributed by atoms with Gasteiger partial charge in [-0.1, -0.05) is 12.1 Å². The van der Waals surface area contributed by atoms with Gasteiger partial charge in [0.1, 0.15) is 11.5 Å². The highest BCUT2D eigenvalue weighted by Crippen LogP contribution is 2.21. The predicted molar refractivity (Wildman–Crippen MR) is 113 cm³/mol. The quantitative estimate of drug-likeness (QED) is 0.347. The van der Waals surface area contributed by atoms with Crippen molar-refractivity contribution in [3.8, 4) is 11.5 Å². The van der Waals surface area contributed by atoms with Crippen LogP contribution in [0.4, 0.5) is 5.69 Å². The summed E-state index contributed by atoms with van der Waals surface area (Å²) >= 11 is 3.33. The summed E-state index contributed by atoms with van der Waals surface area (Å²) in [5.41, 5.74) is 4.07. The number of benzene rings is 3. The molecule has 3 aromatic carbocycles. The van der Waals surface area contributed by atoms with Crippen molar-refractivity contribution < 1.29 is 19.8 Å². The third kappa shape index (κ3) is 5.20. The summed E-state index contributed by atoms with van der Waals surface area (Å²) in [5.74, 6) is -0.959. The first kappa shape index (κ1) is 20.1. The second-order valence-electron chi connectivity index (χ2n) is 5.95. The highest BCUT2D eigenvalue weighted by atomic mass is 79.9. The Morgan fingerprint density at radius 2 is 1.66 bits per heavy atom. The molecule has 8 heteroatoms. The molecule has 0 unspecified atom stereocenters. The van der Waals surface area contributed by atoms with Crippen LogP contribution in [0.1, 0.15) is 26.3 Å². The third-order valence-electron chi connectivity index (χ3n) is 3.91. The molecule has 0 aromatic heterocycles. The molecule has 2 amide bonds. The lowest BCUT2D eigenvalue weighted by molar-refractivity contribution is 0.0954. The highest BCUT2D eigenvalue weighted by Gasteiger charge is 2.10. The average molecular weight is 454 g/mol. The molecule has 4 N–H and O–H groups in total. The second kappa shape index (κ2) is 9.03. The fourth-order valence-corrected chi connectivity index (χ4v) is 2.88. The molecule has 0 aliphatic rings. The van der Waals surface area contributed by atoms with Crippen molar-refractivity contribution in [3.63, 3.8) is 0 Å². The summed E-state index contributed by atoms with van der Waals surface area (Å²) in [7, 11) is 0. The third-order valence-corrected chi connectivity index (χ3v) is 4.60. The van der Waals surface area contributed by atoms with Gasteiger partial charge in [-0.05, 0) is 64.5 Å². The van der Waals surface area contributed by atoms with E-state index in [1.165, 1.54) is 24.4 Å². The number of anilines is 1. The molecular weight excluding hydrogens is 438 g/mol. The van der Waals surface area contributed by atoms with Gasteiger partial charge in [-0.3, -0.25) is 9.59 Å². The number of carbonyl (C=O) groups excluding carboxylic acids is 2. The van der Waals surface area contributed by atoms with Gasteiger partial charge in [0, 0.05) is 27.4 Å². The van der Waals surface area contributed by atoms with E-state index in [9.17, 15) is 19.8 Å². The number of halogens is 1. The van der Waals surface area contributed by atoms with Crippen LogP contribution in [0.3, 0.4) is 0 Å². The van der Waals surface area contributed by atoms with Crippen LogP contribution in [-0.2, 0) is 0 Å². The molecule has 29 heavy (non-hydrogen) atoms. The number of hydrogen-bond acceptors (Lipinski definition) is 5. The van der Waals surface area contributed by atoms with Crippen molar-refractivity contribution in [2.75, 3.05) is 5.32 Å². The number of nitrogens with zero attached hydrogens (tertiary/aromatic N) is 1. The van der Waals surface area contributed by atoms with Crippen LogP contribution < -0.4 is 10.7 Å². The molecule has 0 saturated carbocycles. The van der Waals surface area contributed by atoms with E-state index in [1.807, 2.05) is 6.07 Å². The first-order valence-corrected chi connectivity index (χ1v) is 9.24. The van der Waals surface area contributed by atoms with Gasteiger partial charge < -0.3 is 15.5 Å². The minimum Gasteiger partial charge on any atom is -0.508 e. The van der Waals surface area contributed by atoms with Crippen LogP contribution in [0.2, 0.25) is 0 Å². The lowest BCUT2D eigenvalue weighted by atomic mass is 10.1.